The van der Waals surface area contributed by atoms with Crippen LogP contribution in [0.4, 0.5) is 0 Å². The molecule has 0 atom stereocenters. The highest BCUT2D eigenvalue weighted by molar-refractivity contribution is 6.62. The van der Waals surface area contributed by atoms with Crippen molar-refractivity contribution in [3.63, 3.8) is 0 Å². The lowest BCUT2D eigenvalue weighted by atomic mass is 9.79. The zero-order valence-corrected chi connectivity index (χ0v) is 17.7. The van der Waals surface area contributed by atoms with Gasteiger partial charge in [-0.15, -0.1) is 0 Å². The molecule has 2 aliphatic heterocycles. The minimum Gasteiger partial charge on any atom is -0.399 e. The number of hydrogen-bond acceptors (Lipinski definition) is 4. The lowest BCUT2D eigenvalue weighted by molar-refractivity contribution is 0.00578. The molecule has 152 valence electrons. The van der Waals surface area contributed by atoms with Gasteiger partial charge in [0.25, 0.3) is 5.91 Å². The lowest BCUT2D eigenvalue weighted by Crippen LogP contribution is -2.42. The predicted molar refractivity (Wildman–Crippen MR) is 112 cm³/mol. The molecule has 1 aromatic carbocycles. The fraction of sp³-hybridized carbons (Fsp3) is 0.682. The van der Waals surface area contributed by atoms with Crippen molar-refractivity contribution >= 4 is 18.5 Å². The van der Waals surface area contributed by atoms with Gasteiger partial charge in [0.2, 0.25) is 0 Å². The van der Waals surface area contributed by atoms with Crippen LogP contribution in [-0.2, 0) is 9.31 Å². The summed E-state index contributed by atoms with van der Waals surface area (Å²) in [6.07, 6.45) is 5.08. The Balaban J connectivity index is 1.39. The monoisotopic (exact) mass is 384 g/mol. The van der Waals surface area contributed by atoms with Crippen LogP contribution in [0.15, 0.2) is 24.3 Å². The molecule has 0 radical (unpaired) electrons. The predicted octanol–water partition coefficient (Wildman–Crippen LogP) is 2.69. The summed E-state index contributed by atoms with van der Waals surface area (Å²) in [5.74, 6) is 0.135. The molecule has 0 bridgehead atoms. The number of rotatable bonds is 3. The van der Waals surface area contributed by atoms with Gasteiger partial charge in [0.15, 0.2) is 0 Å². The first-order chi connectivity index (χ1) is 13.3. The summed E-state index contributed by atoms with van der Waals surface area (Å²) in [4.78, 5) is 17.6. The highest BCUT2D eigenvalue weighted by Gasteiger charge is 2.51. The van der Waals surface area contributed by atoms with Gasteiger partial charge >= 0.3 is 7.12 Å². The molecule has 0 spiro atoms. The second-order valence-electron chi connectivity index (χ2n) is 9.48. The Hall–Kier alpha value is -1.37. The number of hydrogen-bond donors (Lipinski definition) is 0. The van der Waals surface area contributed by atoms with E-state index < -0.39 is 0 Å². The minimum absolute atomic E-state index is 0.135. The Labute approximate surface area is 169 Å². The Kier molecular flexibility index (Phi) is 5.32. The van der Waals surface area contributed by atoms with Gasteiger partial charge in [-0.3, -0.25) is 9.69 Å². The first-order valence-corrected chi connectivity index (χ1v) is 10.8. The standard InChI is InChI=1S/C22H33BN2O3/c1-21(2)22(3,4)28-23(27-21)18-11-9-17(10-12-18)20(26)25-14-6-13-24(15-16-25)19-7-5-8-19/h9-12,19H,5-8,13-16H2,1-4H3. The van der Waals surface area contributed by atoms with E-state index in [9.17, 15) is 4.79 Å². The van der Waals surface area contributed by atoms with E-state index in [1.54, 1.807) is 0 Å². The van der Waals surface area contributed by atoms with Gasteiger partial charge in [-0.2, -0.15) is 0 Å². The van der Waals surface area contributed by atoms with E-state index in [0.717, 1.165) is 49.7 Å². The molecule has 1 aliphatic carbocycles. The Morgan fingerprint density at radius 3 is 2.14 bits per heavy atom. The molecule has 3 fully saturated rings. The Morgan fingerprint density at radius 1 is 0.929 bits per heavy atom. The van der Waals surface area contributed by atoms with Crippen molar-refractivity contribution in [2.45, 2.75) is 70.6 Å². The Morgan fingerprint density at radius 2 is 1.57 bits per heavy atom. The van der Waals surface area contributed by atoms with Crippen molar-refractivity contribution in [2.75, 3.05) is 26.2 Å². The highest BCUT2D eigenvalue weighted by Crippen LogP contribution is 2.36. The fourth-order valence-electron chi connectivity index (χ4n) is 4.20. The third-order valence-corrected chi connectivity index (χ3v) is 7.09. The van der Waals surface area contributed by atoms with Crippen molar-refractivity contribution in [1.82, 2.24) is 9.80 Å². The molecule has 1 aromatic rings. The van der Waals surface area contributed by atoms with Gasteiger partial charge in [0.05, 0.1) is 11.2 Å². The number of carbonyl (C=O) groups excluding carboxylic acids is 1. The van der Waals surface area contributed by atoms with Gasteiger partial charge in [-0.05, 0) is 64.6 Å². The van der Waals surface area contributed by atoms with E-state index in [0.29, 0.717) is 0 Å². The van der Waals surface area contributed by atoms with E-state index in [1.807, 2.05) is 29.2 Å². The number of carbonyl (C=O) groups is 1. The number of benzene rings is 1. The normalized spacial score (nSPS) is 25.4. The molecule has 3 aliphatic rings. The van der Waals surface area contributed by atoms with Crippen LogP contribution in [-0.4, -0.2) is 66.2 Å². The summed E-state index contributed by atoms with van der Waals surface area (Å²) >= 11 is 0. The lowest BCUT2D eigenvalue weighted by Gasteiger charge is -2.36. The smallest absolute Gasteiger partial charge is 0.399 e. The largest absolute Gasteiger partial charge is 0.494 e. The van der Waals surface area contributed by atoms with E-state index >= 15 is 0 Å². The third-order valence-electron chi connectivity index (χ3n) is 7.09. The van der Waals surface area contributed by atoms with E-state index in [1.165, 1.54) is 19.3 Å². The molecular formula is C22H33BN2O3. The van der Waals surface area contributed by atoms with E-state index in [2.05, 4.69) is 32.6 Å². The summed E-state index contributed by atoms with van der Waals surface area (Å²) in [6.45, 7) is 12.0. The molecule has 1 amide bonds. The summed E-state index contributed by atoms with van der Waals surface area (Å²) < 4.78 is 12.2. The maximum Gasteiger partial charge on any atom is 0.494 e. The molecule has 28 heavy (non-hydrogen) atoms. The van der Waals surface area contributed by atoms with E-state index in [-0.39, 0.29) is 24.2 Å². The van der Waals surface area contributed by atoms with Crippen molar-refractivity contribution in [3.8, 4) is 0 Å². The van der Waals surface area contributed by atoms with Crippen molar-refractivity contribution in [2.24, 2.45) is 0 Å². The molecule has 0 unspecified atom stereocenters. The van der Waals surface area contributed by atoms with Gasteiger partial charge in [0.1, 0.15) is 0 Å². The maximum absolute atomic E-state index is 13.0. The summed E-state index contributed by atoms with van der Waals surface area (Å²) in [6, 6.07) is 8.52. The Bertz CT molecular complexity index is 699. The van der Waals surface area contributed by atoms with Gasteiger partial charge < -0.3 is 14.2 Å². The second-order valence-corrected chi connectivity index (χ2v) is 9.48. The molecule has 0 aromatic heterocycles. The van der Waals surface area contributed by atoms with Crippen molar-refractivity contribution in [1.29, 1.82) is 0 Å². The van der Waals surface area contributed by atoms with Crippen molar-refractivity contribution < 1.29 is 14.1 Å². The fourth-order valence-corrected chi connectivity index (χ4v) is 4.20. The SMILES string of the molecule is CC1(C)OB(c2ccc(C(=O)N3CCCN(C4CCC4)CC3)cc2)OC1(C)C. The van der Waals surface area contributed by atoms with E-state index in [4.69, 9.17) is 9.31 Å². The molecular weight excluding hydrogens is 351 g/mol. The van der Waals surface area contributed by atoms with Gasteiger partial charge in [-0.25, -0.2) is 0 Å². The van der Waals surface area contributed by atoms with Gasteiger partial charge in [-0.1, -0.05) is 18.6 Å². The van der Waals surface area contributed by atoms with Crippen LogP contribution in [0.3, 0.4) is 0 Å². The van der Waals surface area contributed by atoms with Crippen LogP contribution in [0.1, 0.15) is 63.7 Å². The summed E-state index contributed by atoms with van der Waals surface area (Å²) in [5.41, 5.74) is 0.995. The van der Waals surface area contributed by atoms with Crippen LogP contribution in [0.2, 0.25) is 0 Å². The third kappa shape index (κ3) is 3.74. The molecule has 5 nitrogen and oxygen atoms in total. The maximum atomic E-state index is 13.0. The van der Waals surface area contributed by atoms with Crippen LogP contribution < -0.4 is 5.46 Å². The average Bonchev–Trinajstić information content (AvgIpc) is 2.77. The van der Waals surface area contributed by atoms with Gasteiger partial charge in [0, 0.05) is 37.8 Å². The molecule has 6 heteroatoms. The zero-order chi connectivity index (χ0) is 19.9. The second kappa shape index (κ2) is 7.47. The van der Waals surface area contributed by atoms with Crippen LogP contribution in [0.25, 0.3) is 0 Å². The van der Waals surface area contributed by atoms with Crippen LogP contribution >= 0.6 is 0 Å². The highest BCUT2D eigenvalue weighted by atomic mass is 16.7. The topological polar surface area (TPSA) is 42.0 Å². The molecule has 0 N–H and O–H groups in total. The quantitative estimate of drug-likeness (QED) is 0.752. The van der Waals surface area contributed by atoms with Crippen molar-refractivity contribution in [3.05, 3.63) is 29.8 Å². The number of amides is 1. The average molecular weight is 384 g/mol. The summed E-state index contributed by atoms with van der Waals surface area (Å²) in [5, 5.41) is 0. The molecule has 2 heterocycles. The molecule has 2 saturated heterocycles. The molecule has 1 saturated carbocycles. The number of nitrogens with zero attached hydrogens (tertiary/aromatic N) is 2. The van der Waals surface area contributed by atoms with Crippen LogP contribution in [0.5, 0.6) is 0 Å². The van der Waals surface area contributed by atoms with Crippen LogP contribution in [0, 0.1) is 0 Å². The first-order valence-electron chi connectivity index (χ1n) is 10.8. The minimum atomic E-state index is -0.386. The summed E-state index contributed by atoms with van der Waals surface area (Å²) in [7, 11) is -0.386. The first kappa shape index (κ1) is 19.9. The molecule has 4 rings (SSSR count). The zero-order valence-electron chi connectivity index (χ0n) is 17.7.